The number of hydrogen-bond acceptors (Lipinski definition) is 7. The van der Waals surface area contributed by atoms with Crippen molar-refractivity contribution in [2.45, 2.75) is 50.2 Å². The summed E-state index contributed by atoms with van der Waals surface area (Å²) in [4.78, 5) is 45.6. The molecule has 46 heavy (non-hydrogen) atoms. The van der Waals surface area contributed by atoms with E-state index in [4.69, 9.17) is 4.74 Å². The quantitative estimate of drug-likeness (QED) is 0.146. The van der Waals surface area contributed by atoms with E-state index in [9.17, 15) is 29.7 Å². The fraction of sp³-hybridized carbons (Fsp3) is 0.250. The van der Waals surface area contributed by atoms with Crippen LogP contribution >= 0.6 is 0 Å². The number of rotatable bonds is 4. The second kappa shape index (κ2) is 9.58. The predicted octanol–water partition coefficient (Wildman–Crippen LogP) is 4.42. The minimum atomic E-state index is -1.88. The zero-order valence-corrected chi connectivity index (χ0v) is 25.8. The van der Waals surface area contributed by atoms with Crippen LogP contribution in [0.2, 0.25) is 0 Å². The number of aromatic amines is 1. The van der Waals surface area contributed by atoms with Crippen molar-refractivity contribution in [2.24, 2.45) is 0 Å². The van der Waals surface area contributed by atoms with Gasteiger partial charge in [0.1, 0.15) is 34.1 Å². The number of phenolic OH excluding ortho intramolecular Hbond substituents is 2. The molecule has 2 heterocycles. The van der Waals surface area contributed by atoms with Crippen molar-refractivity contribution in [3.8, 4) is 17.2 Å². The van der Waals surface area contributed by atoms with Gasteiger partial charge in [-0.3, -0.25) is 14.4 Å². The van der Waals surface area contributed by atoms with E-state index in [0.29, 0.717) is 5.56 Å². The van der Waals surface area contributed by atoms with Gasteiger partial charge in [-0.05, 0) is 43.5 Å². The Morgan fingerprint density at radius 1 is 1.00 bits per heavy atom. The van der Waals surface area contributed by atoms with Gasteiger partial charge < -0.3 is 35.7 Å². The van der Waals surface area contributed by atoms with Gasteiger partial charge in [0.05, 0.1) is 18.2 Å². The smallest absolute Gasteiger partial charge is 0.268 e. The lowest BCUT2D eigenvalue weighted by molar-refractivity contribution is -0.138. The Morgan fingerprint density at radius 2 is 1.72 bits per heavy atom. The molecule has 1 aliphatic heterocycles. The van der Waals surface area contributed by atoms with E-state index in [1.54, 1.807) is 25.1 Å². The van der Waals surface area contributed by atoms with Crippen molar-refractivity contribution < 1.29 is 34.4 Å². The highest BCUT2D eigenvalue weighted by molar-refractivity contribution is 6.18. The SMILES string of the molecule is C=CC(C)(C)c1[nH]c2ccccc2c1/C=C1\NC(=O)[C@@]2(CC[C@@]3(O)c4cc(C)cc(O)c4C(=O)c4c(O)cc(OC)c2c43)NC1=O. The molecule has 3 aliphatic rings. The van der Waals surface area contributed by atoms with Gasteiger partial charge >= 0.3 is 0 Å². The highest BCUT2D eigenvalue weighted by Crippen LogP contribution is 2.58. The molecule has 6 N–H and O–H groups in total. The number of fused-ring (bicyclic) bond motifs is 4. The lowest BCUT2D eigenvalue weighted by Crippen LogP contribution is -2.65. The number of allylic oxidation sites excluding steroid dienone is 1. The van der Waals surface area contributed by atoms with Crippen LogP contribution in [-0.4, -0.2) is 45.0 Å². The summed E-state index contributed by atoms with van der Waals surface area (Å²) in [6.45, 7) is 9.68. The summed E-state index contributed by atoms with van der Waals surface area (Å²) in [6, 6.07) is 11.9. The van der Waals surface area contributed by atoms with E-state index in [0.717, 1.165) is 22.2 Å². The van der Waals surface area contributed by atoms with Gasteiger partial charge in [0.2, 0.25) is 5.78 Å². The van der Waals surface area contributed by atoms with Crippen molar-refractivity contribution in [1.82, 2.24) is 15.6 Å². The average molecular weight is 620 g/mol. The molecule has 0 radical (unpaired) electrons. The first-order valence-corrected chi connectivity index (χ1v) is 14.9. The van der Waals surface area contributed by atoms with Crippen LogP contribution in [0, 0.1) is 6.92 Å². The van der Waals surface area contributed by atoms with Crippen LogP contribution in [-0.2, 0) is 26.1 Å². The van der Waals surface area contributed by atoms with Crippen LogP contribution in [0.15, 0.2) is 60.8 Å². The number of nitrogens with one attached hydrogen (secondary N) is 3. The number of carbonyl (C=O) groups is 3. The molecule has 1 fully saturated rings. The standard InChI is InChI=1S/C36H33N3O7/c1-6-34(3,4)31-19(18-9-7-8-10-21(18)37-31)15-22-32(43)39-35(33(44)38-22)11-12-36(45)20-13-17(2)14-23(40)26(20)30(42)27-24(41)16-25(46-5)28(35)29(27)36/h6-10,13-16,37,40-41,45H,1,11-12H2,2-5H3,(H,38,44)(H,39,43)/b22-15-/t35-,36+/m0/s1. The van der Waals surface area contributed by atoms with E-state index in [2.05, 4.69) is 22.2 Å². The number of amides is 2. The Bertz CT molecular complexity index is 2110. The molecule has 1 spiro atoms. The van der Waals surface area contributed by atoms with Gasteiger partial charge in [-0.15, -0.1) is 6.58 Å². The van der Waals surface area contributed by atoms with Crippen molar-refractivity contribution in [3.63, 3.8) is 0 Å². The van der Waals surface area contributed by atoms with Crippen molar-refractivity contribution >= 4 is 34.6 Å². The molecule has 0 saturated carbocycles. The highest BCUT2D eigenvalue weighted by atomic mass is 16.5. The van der Waals surface area contributed by atoms with Crippen LogP contribution in [0.25, 0.3) is 17.0 Å². The summed E-state index contributed by atoms with van der Waals surface area (Å²) in [5, 5.41) is 40.8. The first-order valence-electron chi connectivity index (χ1n) is 14.9. The number of aryl methyl sites for hydroxylation is 1. The molecule has 7 rings (SSSR count). The number of aromatic nitrogens is 1. The number of benzene rings is 3. The van der Waals surface area contributed by atoms with Crippen LogP contribution < -0.4 is 15.4 Å². The third-order valence-electron chi connectivity index (χ3n) is 9.75. The van der Waals surface area contributed by atoms with Gasteiger partial charge in [-0.25, -0.2) is 0 Å². The Balaban J connectivity index is 1.41. The van der Waals surface area contributed by atoms with Crippen LogP contribution in [0.3, 0.4) is 0 Å². The summed E-state index contributed by atoms with van der Waals surface area (Å²) >= 11 is 0. The Labute approximate surface area is 264 Å². The number of para-hydroxylation sites is 1. The first kappa shape index (κ1) is 29.4. The van der Waals surface area contributed by atoms with Crippen molar-refractivity contribution in [2.75, 3.05) is 7.11 Å². The average Bonchev–Trinajstić information content (AvgIpc) is 3.39. The maximum Gasteiger partial charge on any atom is 0.268 e. The summed E-state index contributed by atoms with van der Waals surface area (Å²) in [5.41, 5.74) is -1.32. The zero-order chi connectivity index (χ0) is 32.9. The summed E-state index contributed by atoms with van der Waals surface area (Å²) in [7, 11) is 1.33. The number of hydrogen-bond donors (Lipinski definition) is 6. The molecule has 0 unspecified atom stereocenters. The van der Waals surface area contributed by atoms with Gasteiger partial charge in [-0.2, -0.15) is 0 Å². The lowest BCUT2D eigenvalue weighted by Gasteiger charge is -2.49. The van der Waals surface area contributed by atoms with Crippen LogP contribution in [0.4, 0.5) is 0 Å². The molecular weight excluding hydrogens is 586 g/mol. The number of phenols is 2. The number of aliphatic hydroxyl groups is 1. The third kappa shape index (κ3) is 3.76. The second-order valence-corrected chi connectivity index (χ2v) is 12.9. The molecule has 2 aliphatic carbocycles. The molecular formula is C36H33N3O7. The molecule has 2 atom stereocenters. The number of ketones is 1. The molecule has 1 saturated heterocycles. The van der Waals surface area contributed by atoms with E-state index in [1.165, 1.54) is 19.2 Å². The van der Waals surface area contributed by atoms with Gasteiger partial charge in [-0.1, -0.05) is 44.2 Å². The summed E-state index contributed by atoms with van der Waals surface area (Å²) < 4.78 is 5.63. The van der Waals surface area contributed by atoms with E-state index in [1.807, 2.05) is 38.1 Å². The molecule has 234 valence electrons. The topological polar surface area (TPSA) is 161 Å². The van der Waals surface area contributed by atoms with E-state index in [-0.39, 0.29) is 57.9 Å². The predicted molar refractivity (Wildman–Crippen MR) is 171 cm³/mol. The van der Waals surface area contributed by atoms with Crippen LogP contribution in [0.1, 0.15) is 76.1 Å². The molecule has 10 nitrogen and oxygen atoms in total. The van der Waals surface area contributed by atoms with Gasteiger partial charge in [0.15, 0.2) is 0 Å². The van der Waals surface area contributed by atoms with E-state index < -0.39 is 39.9 Å². The number of methoxy groups -OCH3 is 1. The van der Waals surface area contributed by atoms with Gasteiger partial charge in [0.25, 0.3) is 11.8 Å². The summed E-state index contributed by atoms with van der Waals surface area (Å²) in [6.07, 6.45) is 3.24. The molecule has 2 amide bonds. The minimum Gasteiger partial charge on any atom is -0.507 e. The molecule has 1 aromatic heterocycles. The van der Waals surface area contributed by atoms with Crippen LogP contribution in [0.5, 0.6) is 17.2 Å². The number of H-pyrrole nitrogens is 1. The second-order valence-electron chi connectivity index (χ2n) is 12.9. The number of carbonyl (C=O) groups excluding carboxylic acids is 3. The first-order chi connectivity index (χ1) is 21.8. The Kier molecular flexibility index (Phi) is 6.11. The maximum absolute atomic E-state index is 14.3. The van der Waals surface area contributed by atoms with E-state index >= 15 is 0 Å². The van der Waals surface area contributed by atoms with Crippen molar-refractivity contribution in [3.05, 3.63) is 105 Å². The summed E-state index contributed by atoms with van der Waals surface area (Å²) in [5.74, 6) is -2.70. The Hall–Kier alpha value is -5.35. The zero-order valence-electron chi connectivity index (χ0n) is 25.8. The Morgan fingerprint density at radius 3 is 2.43 bits per heavy atom. The number of aromatic hydroxyl groups is 2. The van der Waals surface area contributed by atoms with Crippen molar-refractivity contribution in [1.29, 1.82) is 0 Å². The highest BCUT2D eigenvalue weighted by Gasteiger charge is 2.59. The maximum atomic E-state index is 14.3. The molecule has 3 aromatic carbocycles. The molecule has 0 bridgehead atoms. The number of ether oxygens (including phenoxy) is 1. The monoisotopic (exact) mass is 619 g/mol. The largest absolute Gasteiger partial charge is 0.507 e. The fourth-order valence-electron chi connectivity index (χ4n) is 7.34. The van der Waals surface area contributed by atoms with Gasteiger partial charge in [0, 0.05) is 50.3 Å². The lowest BCUT2D eigenvalue weighted by atomic mass is 9.60. The fourth-order valence-corrected chi connectivity index (χ4v) is 7.34. The third-order valence-corrected chi connectivity index (χ3v) is 9.75. The minimum absolute atomic E-state index is 0.0101. The number of piperazine rings is 1. The normalized spacial score (nSPS) is 22.8. The molecule has 4 aromatic rings. The molecule has 10 heteroatoms.